The Hall–Kier alpha value is -1.46. The highest BCUT2D eigenvalue weighted by Crippen LogP contribution is 2.22. The Morgan fingerprint density at radius 3 is 2.88 bits per heavy atom. The number of pyridine rings is 1. The van der Waals surface area contributed by atoms with Crippen molar-refractivity contribution in [1.82, 2.24) is 15.3 Å². The van der Waals surface area contributed by atoms with Crippen LogP contribution in [0.15, 0.2) is 29.9 Å². The predicted molar refractivity (Wildman–Crippen MR) is 68.4 cm³/mol. The Bertz CT molecular complexity index is 500. The second-order valence-corrected chi connectivity index (χ2v) is 4.45. The summed E-state index contributed by atoms with van der Waals surface area (Å²) in [4.78, 5) is 19.8. The van der Waals surface area contributed by atoms with Crippen LogP contribution in [0.2, 0.25) is 0 Å². The second kappa shape index (κ2) is 5.75. The Kier molecular flexibility index (Phi) is 4.06. The molecule has 2 heterocycles. The number of amides is 1. The summed E-state index contributed by atoms with van der Waals surface area (Å²) in [5.41, 5.74) is 1.38. The zero-order valence-corrected chi connectivity index (χ0v) is 10.5. The van der Waals surface area contributed by atoms with Crippen molar-refractivity contribution in [3.05, 3.63) is 35.6 Å². The van der Waals surface area contributed by atoms with Crippen LogP contribution in [-0.2, 0) is 0 Å². The lowest BCUT2D eigenvalue weighted by molar-refractivity contribution is 0.0952. The van der Waals surface area contributed by atoms with Crippen molar-refractivity contribution < 1.29 is 4.79 Å². The van der Waals surface area contributed by atoms with Crippen molar-refractivity contribution in [2.24, 2.45) is 0 Å². The average molecular weight is 268 g/mol. The molecule has 0 aliphatic rings. The third-order valence-corrected chi connectivity index (χ3v) is 3.12. The second-order valence-electron chi connectivity index (χ2n) is 3.22. The summed E-state index contributed by atoms with van der Waals surface area (Å²) in [6.45, 7) is 0.447. The molecule has 0 fully saturated rings. The number of hydrogen-bond acceptors (Lipinski definition) is 4. The van der Waals surface area contributed by atoms with Gasteiger partial charge in [-0.05, 0) is 12.1 Å². The summed E-state index contributed by atoms with van der Waals surface area (Å²) in [5.74, 6) is 0.204. The summed E-state index contributed by atoms with van der Waals surface area (Å²) in [6.07, 6.45) is 3.40. The molecule has 0 bridgehead atoms. The smallest absolute Gasteiger partial charge is 0.270 e. The van der Waals surface area contributed by atoms with Gasteiger partial charge in [-0.2, -0.15) is 0 Å². The minimum absolute atomic E-state index is 0.192. The molecule has 0 atom stereocenters. The van der Waals surface area contributed by atoms with Gasteiger partial charge in [0.05, 0.1) is 0 Å². The zero-order chi connectivity index (χ0) is 12.1. The van der Waals surface area contributed by atoms with E-state index in [1.807, 2.05) is 12.1 Å². The van der Waals surface area contributed by atoms with Crippen LogP contribution in [0.1, 0.15) is 10.5 Å². The van der Waals surface area contributed by atoms with Gasteiger partial charge in [0, 0.05) is 35.8 Å². The maximum absolute atomic E-state index is 11.6. The number of thiazole rings is 1. The molecule has 0 unspecified atom stereocenters. The Balaban J connectivity index is 2.14. The first kappa shape index (κ1) is 12.0. The van der Waals surface area contributed by atoms with E-state index in [1.165, 1.54) is 11.3 Å². The molecule has 0 spiro atoms. The molecule has 6 heteroatoms. The molecule has 0 aromatic carbocycles. The monoisotopic (exact) mass is 267 g/mol. The Morgan fingerprint density at radius 1 is 1.41 bits per heavy atom. The van der Waals surface area contributed by atoms with E-state index in [0.717, 1.165) is 10.6 Å². The highest BCUT2D eigenvalue weighted by atomic mass is 35.5. The number of hydrogen-bond donors (Lipinski definition) is 1. The number of carbonyl (C=O) groups excluding carboxylic acids is 1. The Morgan fingerprint density at radius 2 is 2.18 bits per heavy atom. The highest BCUT2D eigenvalue weighted by Gasteiger charge is 2.10. The number of alkyl halides is 1. The molecule has 0 aliphatic carbocycles. The van der Waals surface area contributed by atoms with Crippen LogP contribution in [-0.4, -0.2) is 28.3 Å². The van der Waals surface area contributed by atoms with Crippen molar-refractivity contribution >= 4 is 28.8 Å². The maximum Gasteiger partial charge on any atom is 0.270 e. The lowest BCUT2D eigenvalue weighted by Gasteiger charge is -1.98. The Labute approximate surface area is 108 Å². The third-order valence-electron chi connectivity index (χ3n) is 2.04. The number of rotatable bonds is 4. The molecular formula is C11H10ClN3OS. The van der Waals surface area contributed by atoms with Crippen molar-refractivity contribution in [2.45, 2.75) is 0 Å². The molecule has 17 heavy (non-hydrogen) atoms. The predicted octanol–water partition coefficient (Wildman–Crippen LogP) is 2.17. The molecule has 0 aliphatic heterocycles. The maximum atomic E-state index is 11.6. The number of nitrogens with zero attached hydrogens (tertiary/aromatic N) is 2. The number of carbonyl (C=O) groups is 1. The first-order chi connectivity index (χ1) is 8.31. The van der Waals surface area contributed by atoms with Crippen molar-refractivity contribution in [3.63, 3.8) is 0 Å². The van der Waals surface area contributed by atoms with E-state index in [4.69, 9.17) is 11.6 Å². The fourth-order valence-electron chi connectivity index (χ4n) is 1.26. The molecule has 2 aromatic rings. The van der Waals surface area contributed by atoms with Crippen molar-refractivity contribution in [3.8, 4) is 10.6 Å². The van der Waals surface area contributed by atoms with Crippen LogP contribution in [0, 0.1) is 0 Å². The molecule has 1 amide bonds. The number of halogens is 1. The summed E-state index contributed by atoms with van der Waals surface area (Å²) in [6, 6.07) is 3.72. The van der Waals surface area contributed by atoms with Crippen LogP contribution in [0.25, 0.3) is 10.6 Å². The summed E-state index contributed by atoms with van der Waals surface area (Å²) in [5, 5.41) is 5.22. The number of aromatic nitrogens is 2. The summed E-state index contributed by atoms with van der Waals surface area (Å²) in [7, 11) is 0. The van der Waals surface area contributed by atoms with Gasteiger partial charge < -0.3 is 5.32 Å². The van der Waals surface area contributed by atoms with Gasteiger partial charge in [0.2, 0.25) is 0 Å². The van der Waals surface area contributed by atoms with Crippen LogP contribution in [0.5, 0.6) is 0 Å². The van der Waals surface area contributed by atoms with Gasteiger partial charge in [0.25, 0.3) is 5.91 Å². The van der Waals surface area contributed by atoms with Gasteiger partial charge in [0.1, 0.15) is 10.7 Å². The lowest BCUT2D eigenvalue weighted by Crippen LogP contribution is -2.25. The van der Waals surface area contributed by atoms with Gasteiger partial charge in [-0.15, -0.1) is 22.9 Å². The molecule has 88 valence electrons. The normalized spacial score (nSPS) is 10.2. The van der Waals surface area contributed by atoms with Crippen LogP contribution >= 0.6 is 22.9 Å². The van der Waals surface area contributed by atoms with E-state index in [-0.39, 0.29) is 5.91 Å². The molecule has 2 aromatic heterocycles. The van der Waals surface area contributed by atoms with Gasteiger partial charge in [0.15, 0.2) is 0 Å². The van der Waals surface area contributed by atoms with E-state index in [9.17, 15) is 4.79 Å². The topological polar surface area (TPSA) is 54.9 Å². The van der Waals surface area contributed by atoms with E-state index < -0.39 is 0 Å². The molecule has 0 radical (unpaired) electrons. The van der Waals surface area contributed by atoms with Crippen molar-refractivity contribution in [2.75, 3.05) is 12.4 Å². The minimum Gasteiger partial charge on any atom is -0.349 e. The van der Waals surface area contributed by atoms with Crippen LogP contribution < -0.4 is 5.32 Å². The molecule has 4 nitrogen and oxygen atoms in total. The van der Waals surface area contributed by atoms with E-state index in [0.29, 0.717) is 18.1 Å². The molecule has 0 saturated carbocycles. The first-order valence-corrected chi connectivity index (χ1v) is 6.43. The zero-order valence-electron chi connectivity index (χ0n) is 8.89. The van der Waals surface area contributed by atoms with E-state index in [1.54, 1.807) is 17.8 Å². The summed E-state index contributed by atoms with van der Waals surface area (Å²) >= 11 is 6.93. The minimum atomic E-state index is -0.192. The highest BCUT2D eigenvalue weighted by molar-refractivity contribution is 7.13. The SMILES string of the molecule is O=C(NCCCl)c1csc(-c2ccncc2)n1. The van der Waals surface area contributed by atoms with Crippen LogP contribution in [0.4, 0.5) is 0 Å². The fraction of sp³-hybridized carbons (Fsp3) is 0.182. The van der Waals surface area contributed by atoms with E-state index >= 15 is 0 Å². The molecule has 1 N–H and O–H groups in total. The third kappa shape index (κ3) is 3.01. The standard InChI is InChI=1S/C11H10ClN3OS/c12-3-6-14-10(16)9-7-17-11(15-9)8-1-4-13-5-2-8/h1-2,4-5,7H,3,6H2,(H,14,16). The number of nitrogens with one attached hydrogen (secondary N) is 1. The molecule has 0 saturated heterocycles. The van der Waals surface area contributed by atoms with Gasteiger partial charge in [-0.1, -0.05) is 0 Å². The van der Waals surface area contributed by atoms with Crippen LogP contribution in [0.3, 0.4) is 0 Å². The van der Waals surface area contributed by atoms with Crippen molar-refractivity contribution in [1.29, 1.82) is 0 Å². The summed E-state index contributed by atoms with van der Waals surface area (Å²) < 4.78 is 0. The average Bonchev–Trinajstić information content (AvgIpc) is 2.86. The van der Waals surface area contributed by atoms with E-state index in [2.05, 4.69) is 15.3 Å². The van der Waals surface area contributed by atoms with Gasteiger partial charge in [-0.3, -0.25) is 9.78 Å². The lowest BCUT2D eigenvalue weighted by atomic mass is 10.3. The fourth-order valence-corrected chi connectivity index (χ4v) is 2.16. The molecular weight excluding hydrogens is 258 g/mol. The largest absolute Gasteiger partial charge is 0.349 e. The van der Waals surface area contributed by atoms with Gasteiger partial charge >= 0.3 is 0 Å². The first-order valence-electron chi connectivity index (χ1n) is 5.01. The van der Waals surface area contributed by atoms with Gasteiger partial charge in [-0.25, -0.2) is 4.98 Å². The molecule has 2 rings (SSSR count). The quantitative estimate of drug-likeness (QED) is 0.864.